The van der Waals surface area contributed by atoms with Gasteiger partial charge < -0.3 is 0 Å². The minimum absolute atomic E-state index is 0.858. The molecule has 9 heavy (non-hydrogen) atoms. The number of aromatic amines is 1. The normalized spacial score (nSPS) is 10.0. The molecule has 0 aliphatic rings. The van der Waals surface area contributed by atoms with Crippen LogP contribution in [0.4, 0.5) is 0 Å². The minimum Gasteiger partial charge on any atom is -0.263 e. The Kier molecular flexibility index (Phi) is 1.82. The standard InChI is InChI=1S/C6H10N3/c1-3-4-6-7-5(2)8-9-6/h1,3-4H2,2H3,(H,7,8,9). The molecule has 1 radical (unpaired) electrons. The molecule has 1 aromatic rings. The van der Waals surface area contributed by atoms with Gasteiger partial charge in [0.25, 0.3) is 0 Å². The van der Waals surface area contributed by atoms with Crippen LogP contribution in [0.15, 0.2) is 0 Å². The molecule has 0 aliphatic heterocycles. The molecular weight excluding hydrogens is 114 g/mol. The first-order valence-corrected chi connectivity index (χ1v) is 3.00. The summed E-state index contributed by atoms with van der Waals surface area (Å²) in [5, 5.41) is 6.69. The third-order valence-corrected chi connectivity index (χ3v) is 1.04. The fourth-order valence-electron chi connectivity index (χ4n) is 0.659. The second-order valence-corrected chi connectivity index (χ2v) is 1.94. The van der Waals surface area contributed by atoms with Crippen LogP contribution in [0.5, 0.6) is 0 Å². The molecule has 49 valence electrons. The van der Waals surface area contributed by atoms with Gasteiger partial charge in [0.2, 0.25) is 0 Å². The highest BCUT2D eigenvalue weighted by Gasteiger charge is 1.94. The Labute approximate surface area is 54.5 Å². The molecule has 0 fully saturated rings. The van der Waals surface area contributed by atoms with Gasteiger partial charge in [-0.3, -0.25) is 5.10 Å². The van der Waals surface area contributed by atoms with Crippen LogP contribution < -0.4 is 0 Å². The Morgan fingerprint density at radius 2 is 2.44 bits per heavy atom. The lowest BCUT2D eigenvalue weighted by molar-refractivity contribution is 0.884. The summed E-state index contributed by atoms with van der Waals surface area (Å²) in [5.74, 6) is 1.74. The lowest BCUT2D eigenvalue weighted by atomic mass is 10.3. The zero-order valence-corrected chi connectivity index (χ0v) is 5.52. The van der Waals surface area contributed by atoms with Crippen molar-refractivity contribution in [3.8, 4) is 0 Å². The van der Waals surface area contributed by atoms with Crippen molar-refractivity contribution in [3.63, 3.8) is 0 Å². The number of rotatable bonds is 2. The first-order valence-electron chi connectivity index (χ1n) is 3.00. The molecule has 0 aromatic carbocycles. The summed E-state index contributed by atoms with van der Waals surface area (Å²) in [5.41, 5.74) is 0. The molecule has 0 atom stereocenters. The number of aryl methyl sites for hydroxylation is 2. The van der Waals surface area contributed by atoms with Gasteiger partial charge in [-0.1, -0.05) is 6.92 Å². The molecule has 0 unspecified atom stereocenters. The van der Waals surface area contributed by atoms with E-state index in [2.05, 4.69) is 22.1 Å². The minimum atomic E-state index is 0.858. The molecular formula is C6H10N3. The second-order valence-electron chi connectivity index (χ2n) is 1.94. The first kappa shape index (κ1) is 6.26. The van der Waals surface area contributed by atoms with Crippen molar-refractivity contribution >= 4 is 0 Å². The summed E-state index contributed by atoms with van der Waals surface area (Å²) in [6.07, 6.45) is 1.72. The SMILES string of the molecule is [CH2]CCc1n[nH]c(C)n1. The van der Waals surface area contributed by atoms with Gasteiger partial charge in [0.05, 0.1) is 0 Å². The van der Waals surface area contributed by atoms with Gasteiger partial charge in [0.1, 0.15) is 5.82 Å². The molecule has 0 saturated carbocycles. The Morgan fingerprint density at radius 3 is 2.89 bits per heavy atom. The van der Waals surface area contributed by atoms with Gasteiger partial charge in [0, 0.05) is 6.42 Å². The fraction of sp³-hybridized carbons (Fsp3) is 0.500. The van der Waals surface area contributed by atoms with E-state index in [4.69, 9.17) is 0 Å². The van der Waals surface area contributed by atoms with Crippen LogP contribution in [-0.2, 0) is 6.42 Å². The Balaban J connectivity index is 2.61. The zero-order chi connectivity index (χ0) is 6.69. The highest BCUT2D eigenvalue weighted by molar-refractivity contribution is 4.87. The van der Waals surface area contributed by atoms with Crippen LogP contribution in [0.25, 0.3) is 0 Å². The van der Waals surface area contributed by atoms with Crippen molar-refractivity contribution in [2.45, 2.75) is 19.8 Å². The van der Waals surface area contributed by atoms with Crippen LogP contribution in [-0.4, -0.2) is 15.2 Å². The zero-order valence-electron chi connectivity index (χ0n) is 5.52. The van der Waals surface area contributed by atoms with Gasteiger partial charge in [-0.2, -0.15) is 5.10 Å². The van der Waals surface area contributed by atoms with E-state index >= 15 is 0 Å². The lowest BCUT2D eigenvalue weighted by Crippen LogP contribution is -1.84. The van der Waals surface area contributed by atoms with Crippen molar-refractivity contribution in [1.29, 1.82) is 0 Å². The number of nitrogens with one attached hydrogen (secondary N) is 1. The molecule has 3 nitrogen and oxygen atoms in total. The van der Waals surface area contributed by atoms with E-state index in [1.165, 1.54) is 0 Å². The summed E-state index contributed by atoms with van der Waals surface area (Å²) < 4.78 is 0. The molecule has 0 saturated heterocycles. The average molecular weight is 124 g/mol. The molecule has 0 aliphatic carbocycles. The predicted molar refractivity (Wildman–Crippen MR) is 34.8 cm³/mol. The molecule has 1 heterocycles. The number of aromatic nitrogens is 3. The van der Waals surface area contributed by atoms with Gasteiger partial charge in [-0.05, 0) is 13.3 Å². The average Bonchev–Trinajstić information content (AvgIpc) is 2.17. The summed E-state index contributed by atoms with van der Waals surface area (Å²) in [4.78, 5) is 4.09. The fourth-order valence-corrected chi connectivity index (χ4v) is 0.659. The third-order valence-electron chi connectivity index (χ3n) is 1.04. The summed E-state index contributed by atoms with van der Waals surface area (Å²) >= 11 is 0. The topological polar surface area (TPSA) is 41.6 Å². The van der Waals surface area contributed by atoms with E-state index in [1.807, 2.05) is 6.92 Å². The summed E-state index contributed by atoms with van der Waals surface area (Å²) in [7, 11) is 0. The van der Waals surface area contributed by atoms with E-state index in [0.29, 0.717) is 0 Å². The van der Waals surface area contributed by atoms with Crippen LogP contribution in [0.3, 0.4) is 0 Å². The van der Waals surface area contributed by atoms with Gasteiger partial charge in [0.15, 0.2) is 5.82 Å². The summed E-state index contributed by atoms with van der Waals surface area (Å²) in [6.45, 7) is 5.58. The Morgan fingerprint density at radius 1 is 1.67 bits per heavy atom. The number of hydrogen-bond acceptors (Lipinski definition) is 2. The summed E-state index contributed by atoms with van der Waals surface area (Å²) in [6, 6.07) is 0. The maximum Gasteiger partial charge on any atom is 0.150 e. The number of H-pyrrole nitrogens is 1. The van der Waals surface area contributed by atoms with Crippen LogP contribution in [0.2, 0.25) is 0 Å². The van der Waals surface area contributed by atoms with Gasteiger partial charge in [-0.25, -0.2) is 4.98 Å². The first-order chi connectivity index (χ1) is 4.33. The molecule has 1 rings (SSSR count). The molecule has 0 amide bonds. The number of hydrogen-bond donors (Lipinski definition) is 1. The van der Waals surface area contributed by atoms with E-state index in [-0.39, 0.29) is 0 Å². The monoisotopic (exact) mass is 124 g/mol. The highest BCUT2D eigenvalue weighted by atomic mass is 15.2. The van der Waals surface area contributed by atoms with E-state index < -0.39 is 0 Å². The van der Waals surface area contributed by atoms with Crippen molar-refractivity contribution in [1.82, 2.24) is 15.2 Å². The maximum atomic E-state index is 4.09. The second kappa shape index (κ2) is 2.62. The number of nitrogens with zero attached hydrogens (tertiary/aromatic N) is 2. The molecule has 3 heteroatoms. The van der Waals surface area contributed by atoms with Gasteiger partial charge >= 0.3 is 0 Å². The van der Waals surface area contributed by atoms with Crippen molar-refractivity contribution in [2.24, 2.45) is 0 Å². The maximum absolute atomic E-state index is 4.09. The Hall–Kier alpha value is -0.860. The van der Waals surface area contributed by atoms with E-state index in [1.54, 1.807) is 0 Å². The van der Waals surface area contributed by atoms with Crippen LogP contribution in [0.1, 0.15) is 18.1 Å². The van der Waals surface area contributed by atoms with E-state index in [9.17, 15) is 0 Å². The highest BCUT2D eigenvalue weighted by Crippen LogP contribution is 1.93. The van der Waals surface area contributed by atoms with Crippen molar-refractivity contribution in [2.75, 3.05) is 0 Å². The van der Waals surface area contributed by atoms with Gasteiger partial charge in [-0.15, -0.1) is 0 Å². The smallest absolute Gasteiger partial charge is 0.150 e. The quantitative estimate of drug-likeness (QED) is 0.635. The largest absolute Gasteiger partial charge is 0.263 e. The molecule has 1 aromatic heterocycles. The third kappa shape index (κ3) is 1.52. The molecule has 0 spiro atoms. The molecule has 0 bridgehead atoms. The molecule has 1 N–H and O–H groups in total. The van der Waals surface area contributed by atoms with E-state index in [0.717, 1.165) is 24.5 Å². The van der Waals surface area contributed by atoms with Crippen LogP contribution in [0, 0.1) is 13.8 Å². The Bertz CT molecular complexity index is 180. The predicted octanol–water partition coefficient (Wildman–Crippen LogP) is 0.880. The van der Waals surface area contributed by atoms with Crippen molar-refractivity contribution < 1.29 is 0 Å². The van der Waals surface area contributed by atoms with Crippen molar-refractivity contribution in [3.05, 3.63) is 18.6 Å². The lowest BCUT2D eigenvalue weighted by Gasteiger charge is -1.83. The van der Waals surface area contributed by atoms with Crippen LogP contribution >= 0.6 is 0 Å².